The summed E-state index contributed by atoms with van der Waals surface area (Å²) in [7, 11) is 1.66. The van der Waals surface area contributed by atoms with Crippen molar-refractivity contribution in [1.82, 2.24) is 0 Å². The number of aryl methyl sites for hydroxylation is 1. The minimum Gasteiger partial charge on any atom is -0.491 e. The molecule has 0 spiro atoms. The largest absolute Gasteiger partial charge is 0.491 e. The van der Waals surface area contributed by atoms with Gasteiger partial charge in [-0.25, -0.2) is 0 Å². The van der Waals surface area contributed by atoms with E-state index in [1.54, 1.807) is 7.11 Å². The van der Waals surface area contributed by atoms with Crippen molar-refractivity contribution in [2.45, 2.75) is 32.3 Å². The van der Waals surface area contributed by atoms with E-state index in [4.69, 9.17) is 9.47 Å². The van der Waals surface area contributed by atoms with Crippen molar-refractivity contribution >= 4 is 5.78 Å². The van der Waals surface area contributed by atoms with E-state index in [-0.39, 0.29) is 11.9 Å². The fourth-order valence-corrected chi connectivity index (χ4v) is 1.98. The molecular weight excluding hydrogens is 216 g/mol. The van der Waals surface area contributed by atoms with E-state index in [9.17, 15) is 4.79 Å². The highest BCUT2D eigenvalue weighted by Gasteiger charge is 2.17. The summed E-state index contributed by atoms with van der Waals surface area (Å²) in [5, 5.41) is 0. The summed E-state index contributed by atoms with van der Waals surface area (Å²) < 4.78 is 10.7. The Bertz CT molecular complexity index is 412. The van der Waals surface area contributed by atoms with Crippen LogP contribution in [0.5, 0.6) is 5.75 Å². The Morgan fingerprint density at radius 1 is 1.35 bits per heavy atom. The zero-order chi connectivity index (χ0) is 12.3. The lowest BCUT2D eigenvalue weighted by Gasteiger charge is -2.17. The Morgan fingerprint density at radius 2 is 2.18 bits per heavy atom. The van der Waals surface area contributed by atoms with Gasteiger partial charge in [-0.15, -0.1) is 0 Å². The Labute approximate surface area is 102 Å². The lowest BCUT2D eigenvalue weighted by atomic mass is 9.90. The molecule has 0 N–H and O–H groups in total. The van der Waals surface area contributed by atoms with E-state index >= 15 is 0 Å². The number of hydrogen-bond acceptors (Lipinski definition) is 3. The molecule has 0 radical (unpaired) electrons. The highest BCUT2D eigenvalue weighted by Crippen LogP contribution is 2.25. The molecule has 0 fully saturated rings. The molecule has 3 heteroatoms. The number of methoxy groups -OCH3 is 1. The van der Waals surface area contributed by atoms with E-state index in [0.717, 1.165) is 29.7 Å². The van der Waals surface area contributed by atoms with Crippen LogP contribution in [0.25, 0.3) is 0 Å². The monoisotopic (exact) mass is 234 g/mol. The van der Waals surface area contributed by atoms with Gasteiger partial charge in [-0.2, -0.15) is 0 Å². The SMILES string of the molecule is COC(C)COc1ccc2c(c1)C(=O)CCC2. The third-order valence-electron chi connectivity index (χ3n) is 3.12. The van der Waals surface area contributed by atoms with Crippen molar-refractivity contribution < 1.29 is 14.3 Å². The molecule has 1 aromatic rings. The fraction of sp³-hybridized carbons (Fsp3) is 0.500. The summed E-state index contributed by atoms with van der Waals surface area (Å²) in [6.45, 7) is 2.45. The number of fused-ring (bicyclic) bond motifs is 1. The summed E-state index contributed by atoms with van der Waals surface area (Å²) in [6, 6.07) is 5.79. The van der Waals surface area contributed by atoms with Gasteiger partial charge in [0.05, 0.1) is 6.10 Å². The fourth-order valence-electron chi connectivity index (χ4n) is 1.98. The molecule has 0 aliphatic heterocycles. The van der Waals surface area contributed by atoms with Gasteiger partial charge < -0.3 is 9.47 Å². The lowest BCUT2D eigenvalue weighted by molar-refractivity contribution is 0.0716. The van der Waals surface area contributed by atoms with Gasteiger partial charge in [0.1, 0.15) is 12.4 Å². The van der Waals surface area contributed by atoms with Crippen LogP contribution in [0.15, 0.2) is 18.2 Å². The van der Waals surface area contributed by atoms with Crippen LogP contribution in [-0.2, 0) is 11.2 Å². The quantitative estimate of drug-likeness (QED) is 0.803. The minimum atomic E-state index is 0.0572. The summed E-state index contributed by atoms with van der Waals surface area (Å²) in [5.74, 6) is 0.986. The molecule has 1 atom stereocenters. The predicted octanol–water partition coefficient (Wildman–Crippen LogP) is 2.62. The second-order valence-corrected chi connectivity index (χ2v) is 4.45. The Hall–Kier alpha value is -1.35. The molecule has 17 heavy (non-hydrogen) atoms. The molecule has 92 valence electrons. The molecule has 0 saturated carbocycles. The van der Waals surface area contributed by atoms with Crippen LogP contribution in [0.1, 0.15) is 35.7 Å². The van der Waals surface area contributed by atoms with Crippen molar-refractivity contribution in [2.75, 3.05) is 13.7 Å². The Kier molecular flexibility index (Phi) is 3.79. The van der Waals surface area contributed by atoms with Crippen molar-refractivity contribution in [2.24, 2.45) is 0 Å². The molecule has 2 rings (SSSR count). The third-order valence-corrected chi connectivity index (χ3v) is 3.12. The minimum absolute atomic E-state index is 0.0572. The molecule has 0 amide bonds. The van der Waals surface area contributed by atoms with Gasteiger partial charge in [0.25, 0.3) is 0 Å². The number of ketones is 1. The number of hydrogen-bond donors (Lipinski definition) is 0. The van der Waals surface area contributed by atoms with Crippen LogP contribution in [0.2, 0.25) is 0 Å². The molecule has 1 unspecified atom stereocenters. The standard InChI is InChI=1S/C14H18O3/c1-10(16-2)9-17-12-7-6-11-4-3-5-14(15)13(11)8-12/h6-8,10H,3-5,9H2,1-2H3. The van der Waals surface area contributed by atoms with Crippen LogP contribution in [-0.4, -0.2) is 25.6 Å². The van der Waals surface area contributed by atoms with Crippen LogP contribution in [0.4, 0.5) is 0 Å². The molecule has 0 heterocycles. The average Bonchev–Trinajstić information content (AvgIpc) is 2.36. The summed E-state index contributed by atoms with van der Waals surface area (Å²) >= 11 is 0. The van der Waals surface area contributed by atoms with Gasteiger partial charge >= 0.3 is 0 Å². The second-order valence-electron chi connectivity index (χ2n) is 4.45. The smallest absolute Gasteiger partial charge is 0.163 e. The van der Waals surface area contributed by atoms with Gasteiger partial charge in [-0.3, -0.25) is 4.79 Å². The zero-order valence-electron chi connectivity index (χ0n) is 10.4. The topological polar surface area (TPSA) is 35.5 Å². The van der Waals surface area contributed by atoms with E-state index in [2.05, 4.69) is 0 Å². The molecule has 0 saturated heterocycles. The van der Waals surface area contributed by atoms with Gasteiger partial charge in [0, 0.05) is 19.1 Å². The first-order valence-corrected chi connectivity index (χ1v) is 6.02. The van der Waals surface area contributed by atoms with Crippen molar-refractivity contribution in [3.05, 3.63) is 29.3 Å². The van der Waals surface area contributed by atoms with E-state index in [0.29, 0.717) is 13.0 Å². The average molecular weight is 234 g/mol. The van der Waals surface area contributed by atoms with Gasteiger partial charge in [0.15, 0.2) is 5.78 Å². The molecule has 1 aromatic carbocycles. The highest BCUT2D eigenvalue weighted by atomic mass is 16.5. The summed E-state index contributed by atoms with van der Waals surface area (Å²) in [5.41, 5.74) is 1.98. The van der Waals surface area contributed by atoms with Crippen LogP contribution >= 0.6 is 0 Å². The molecule has 1 aliphatic rings. The van der Waals surface area contributed by atoms with Crippen molar-refractivity contribution in [3.8, 4) is 5.75 Å². The van der Waals surface area contributed by atoms with E-state index in [1.807, 2.05) is 25.1 Å². The predicted molar refractivity (Wildman–Crippen MR) is 65.7 cm³/mol. The normalized spacial score (nSPS) is 16.5. The molecule has 0 aromatic heterocycles. The van der Waals surface area contributed by atoms with Crippen LogP contribution in [0.3, 0.4) is 0 Å². The van der Waals surface area contributed by atoms with Gasteiger partial charge in [0.2, 0.25) is 0 Å². The highest BCUT2D eigenvalue weighted by molar-refractivity contribution is 5.98. The Balaban J connectivity index is 2.10. The van der Waals surface area contributed by atoms with Crippen LogP contribution < -0.4 is 4.74 Å². The maximum Gasteiger partial charge on any atom is 0.163 e. The maximum absolute atomic E-state index is 11.8. The third kappa shape index (κ3) is 2.86. The first-order chi connectivity index (χ1) is 8.20. The summed E-state index contributed by atoms with van der Waals surface area (Å²) in [6.07, 6.45) is 2.68. The number of rotatable bonds is 4. The second kappa shape index (κ2) is 5.32. The number of benzene rings is 1. The molecule has 3 nitrogen and oxygen atoms in total. The molecular formula is C14H18O3. The van der Waals surface area contributed by atoms with Crippen LogP contribution in [0, 0.1) is 0 Å². The first-order valence-electron chi connectivity index (χ1n) is 6.02. The van der Waals surface area contributed by atoms with Crippen molar-refractivity contribution in [1.29, 1.82) is 0 Å². The lowest BCUT2D eigenvalue weighted by Crippen LogP contribution is -2.16. The number of carbonyl (C=O) groups is 1. The summed E-state index contributed by atoms with van der Waals surface area (Å²) in [4.78, 5) is 11.8. The molecule has 0 bridgehead atoms. The zero-order valence-corrected chi connectivity index (χ0v) is 10.4. The van der Waals surface area contributed by atoms with E-state index < -0.39 is 0 Å². The number of ether oxygens (including phenoxy) is 2. The van der Waals surface area contributed by atoms with Crippen molar-refractivity contribution in [3.63, 3.8) is 0 Å². The van der Waals surface area contributed by atoms with Gasteiger partial charge in [-0.05, 0) is 37.5 Å². The number of Topliss-reactive ketones (excluding diaryl/α,β-unsaturated/α-hetero) is 1. The first kappa shape index (κ1) is 12.1. The maximum atomic E-state index is 11.8. The van der Waals surface area contributed by atoms with Gasteiger partial charge in [-0.1, -0.05) is 6.07 Å². The number of carbonyl (C=O) groups excluding carboxylic acids is 1. The molecule has 1 aliphatic carbocycles. The van der Waals surface area contributed by atoms with E-state index in [1.165, 1.54) is 0 Å². The Morgan fingerprint density at radius 3 is 2.94 bits per heavy atom.